The van der Waals surface area contributed by atoms with E-state index in [9.17, 15) is 0 Å². The minimum atomic E-state index is 1.57. The topological polar surface area (TPSA) is 9.23 Å². The summed E-state index contributed by atoms with van der Waals surface area (Å²) in [5, 5.41) is 0. The van der Waals surface area contributed by atoms with Crippen molar-refractivity contribution in [2.75, 3.05) is 0 Å². The Hall–Kier alpha value is -0.720. The van der Waals surface area contributed by atoms with Gasteiger partial charge in [-0.05, 0) is 18.2 Å². The van der Waals surface area contributed by atoms with Gasteiger partial charge in [0.1, 0.15) is 0 Å². The van der Waals surface area contributed by atoms with E-state index in [-0.39, 0.29) is 0 Å². The molecule has 1 rings (SSSR count). The number of rotatable bonds is 0. The highest BCUT2D eigenvalue weighted by atomic mass is 16.5. The van der Waals surface area contributed by atoms with Crippen LogP contribution in [0.5, 0.6) is 0 Å². The Kier molecular flexibility index (Phi) is 0.955. The fourth-order valence-electron chi connectivity index (χ4n) is 0.258. The zero-order chi connectivity index (χ0) is 4.24. The minimum Gasteiger partial charge on any atom is -0.490 e. The Balaban J connectivity index is 2.46. The lowest BCUT2D eigenvalue weighted by Gasteiger charge is -1.92. The monoisotopic (exact) mass is 80.0 g/mol. The maximum absolute atomic E-state index is 4.65. The van der Waals surface area contributed by atoms with Crippen molar-refractivity contribution in [1.29, 1.82) is 0 Å². The molecule has 1 heterocycles. The van der Waals surface area contributed by atoms with Crippen LogP contribution in [0.25, 0.3) is 0 Å². The zero-order valence-electron chi connectivity index (χ0n) is 3.22. The highest BCUT2D eigenvalue weighted by Crippen LogP contribution is 1.91. The molecule has 0 aliphatic carbocycles. The highest BCUT2D eigenvalue weighted by molar-refractivity contribution is 5.00. The van der Waals surface area contributed by atoms with E-state index in [4.69, 9.17) is 0 Å². The summed E-state index contributed by atoms with van der Waals surface area (Å²) in [6.45, 7) is 1.57. The van der Waals surface area contributed by atoms with Crippen LogP contribution in [0, 0.1) is 12.7 Å². The second kappa shape index (κ2) is 1.65. The van der Waals surface area contributed by atoms with E-state index in [0.717, 1.165) is 0 Å². The fraction of sp³-hybridized carbons (Fsp3) is 0. The maximum atomic E-state index is 4.65. The van der Waals surface area contributed by atoms with E-state index in [1.165, 1.54) is 0 Å². The van der Waals surface area contributed by atoms with E-state index < -0.39 is 0 Å². The summed E-state index contributed by atoms with van der Waals surface area (Å²) in [5.41, 5.74) is 0. The van der Waals surface area contributed by atoms with Gasteiger partial charge in [-0.1, -0.05) is 0 Å². The molecule has 1 aliphatic rings. The smallest absolute Gasteiger partial charge is 0.157 e. The molecular weight excluding hydrogens is 76.1 g/mol. The summed E-state index contributed by atoms with van der Waals surface area (Å²) in [4.78, 5) is 0. The first-order valence-corrected chi connectivity index (χ1v) is 1.72. The van der Waals surface area contributed by atoms with Crippen molar-refractivity contribution in [3.63, 3.8) is 0 Å². The van der Waals surface area contributed by atoms with E-state index in [0.29, 0.717) is 0 Å². The molecule has 0 aromatic rings. The van der Waals surface area contributed by atoms with Crippen molar-refractivity contribution in [3.05, 3.63) is 31.1 Å². The van der Waals surface area contributed by atoms with Crippen molar-refractivity contribution in [1.82, 2.24) is 0 Å². The molecule has 0 N–H and O–H groups in total. The molecule has 0 saturated carbocycles. The number of hydrogen-bond acceptors (Lipinski definition) is 1. The van der Waals surface area contributed by atoms with Crippen LogP contribution in [0.15, 0.2) is 18.4 Å². The predicted molar refractivity (Wildman–Crippen MR) is 22.3 cm³/mol. The van der Waals surface area contributed by atoms with E-state index in [1.54, 1.807) is 25.0 Å². The molecule has 0 aromatic carbocycles. The minimum absolute atomic E-state index is 1.57. The van der Waals surface area contributed by atoms with Crippen LogP contribution >= 0.6 is 0 Å². The predicted octanol–water partition coefficient (Wildman–Crippen LogP) is 1.05. The highest BCUT2D eigenvalue weighted by Gasteiger charge is 1.77. The Morgan fingerprint density at radius 1 is 1.50 bits per heavy atom. The molecule has 1 heteroatoms. The lowest BCUT2D eigenvalue weighted by molar-refractivity contribution is 0.353. The van der Waals surface area contributed by atoms with Gasteiger partial charge in [-0.3, -0.25) is 0 Å². The Morgan fingerprint density at radius 3 is 2.67 bits per heavy atom. The second-order valence-electron chi connectivity index (χ2n) is 0.908. The summed E-state index contributed by atoms with van der Waals surface area (Å²) in [6.07, 6.45) is 7.78. The molecule has 0 aromatic heterocycles. The third-order valence-corrected chi connectivity index (χ3v) is 0.486. The number of hydrogen-bond donors (Lipinski definition) is 0. The molecule has 0 spiro atoms. The molecular formula is C5H4O. The van der Waals surface area contributed by atoms with Crippen LogP contribution in [-0.4, -0.2) is 0 Å². The summed E-state index contributed by atoms with van der Waals surface area (Å²) >= 11 is 0. The summed E-state index contributed by atoms with van der Waals surface area (Å²) in [6, 6.07) is 0. The van der Waals surface area contributed by atoms with E-state index in [2.05, 4.69) is 10.8 Å². The van der Waals surface area contributed by atoms with Crippen molar-refractivity contribution < 1.29 is 4.74 Å². The van der Waals surface area contributed by atoms with Gasteiger partial charge in [0.05, 0.1) is 6.26 Å². The fourth-order valence-corrected chi connectivity index (χ4v) is 0.258. The molecule has 30 valence electrons. The molecule has 6 heavy (non-hydrogen) atoms. The molecule has 0 fully saturated rings. The molecule has 0 bridgehead atoms. The molecule has 0 atom stereocenters. The largest absolute Gasteiger partial charge is 0.490 e. The normalized spacial score (nSPS) is 17.3. The Labute approximate surface area is 36.9 Å². The van der Waals surface area contributed by atoms with Crippen LogP contribution in [0.4, 0.5) is 0 Å². The van der Waals surface area contributed by atoms with Crippen LogP contribution < -0.4 is 0 Å². The van der Waals surface area contributed by atoms with Crippen molar-refractivity contribution in [2.24, 2.45) is 0 Å². The first kappa shape index (κ1) is 3.47. The van der Waals surface area contributed by atoms with Crippen LogP contribution in [-0.2, 0) is 4.74 Å². The molecule has 0 amide bonds. The van der Waals surface area contributed by atoms with Crippen molar-refractivity contribution in [2.45, 2.75) is 0 Å². The third-order valence-electron chi connectivity index (χ3n) is 0.486. The van der Waals surface area contributed by atoms with E-state index in [1.807, 2.05) is 0 Å². The quantitative estimate of drug-likeness (QED) is 0.422. The van der Waals surface area contributed by atoms with Crippen molar-refractivity contribution in [3.8, 4) is 0 Å². The molecule has 0 saturated heterocycles. The molecule has 2 radical (unpaired) electrons. The van der Waals surface area contributed by atoms with E-state index >= 15 is 0 Å². The summed E-state index contributed by atoms with van der Waals surface area (Å²) in [5.74, 6) is 0. The van der Waals surface area contributed by atoms with Gasteiger partial charge < -0.3 is 4.74 Å². The van der Waals surface area contributed by atoms with Gasteiger partial charge in [0.25, 0.3) is 0 Å². The van der Waals surface area contributed by atoms with Gasteiger partial charge in [0, 0.05) is 0 Å². The average Bonchev–Trinajstić information content (AvgIpc) is 1.72. The first-order valence-electron chi connectivity index (χ1n) is 1.72. The number of allylic oxidation sites excluding steroid dienone is 2. The Bertz CT molecular complexity index is 69.9. The average molecular weight is 80.1 g/mol. The SMILES string of the molecule is [C]1=C[CH]OC=C1. The lowest BCUT2D eigenvalue weighted by atomic mass is 10.5. The van der Waals surface area contributed by atoms with Crippen LogP contribution in [0.2, 0.25) is 0 Å². The van der Waals surface area contributed by atoms with Gasteiger partial charge in [-0.2, -0.15) is 0 Å². The lowest BCUT2D eigenvalue weighted by Crippen LogP contribution is -1.75. The second-order valence-corrected chi connectivity index (χ2v) is 0.908. The Morgan fingerprint density at radius 2 is 2.50 bits per heavy atom. The maximum Gasteiger partial charge on any atom is 0.157 e. The van der Waals surface area contributed by atoms with Gasteiger partial charge >= 0.3 is 0 Å². The van der Waals surface area contributed by atoms with Gasteiger partial charge in [0.15, 0.2) is 6.61 Å². The molecule has 0 unspecified atom stereocenters. The summed E-state index contributed by atoms with van der Waals surface area (Å²) in [7, 11) is 0. The molecule has 1 aliphatic heterocycles. The third kappa shape index (κ3) is 0.612. The van der Waals surface area contributed by atoms with Gasteiger partial charge in [-0.15, -0.1) is 0 Å². The zero-order valence-corrected chi connectivity index (χ0v) is 3.22. The van der Waals surface area contributed by atoms with Gasteiger partial charge in [0.2, 0.25) is 0 Å². The van der Waals surface area contributed by atoms with Gasteiger partial charge in [-0.25, -0.2) is 0 Å². The number of ether oxygens (including phenoxy) is 1. The standard InChI is InChI=1S/C5H4O/c1-2-4-6-5-3-1/h2-5H. The van der Waals surface area contributed by atoms with Crippen LogP contribution in [0.1, 0.15) is 0 Å². The van der Waals surface area contributed by atoms with Crippen molar-refractivity contribution >= 4 is 0 Å². The first-order chi connectivity index (χ1) is 3.00. The summed E-state index contributed by atoms with van der Waals surface area (Å²) < 4.78 is 4.65. The molecule has 1 nitrogen and oxygen atoms in total. The van der Waals surface area contributed by atoms with Crippen LogP contribution in [0.3, 0.4) is 0 Å².